The molecule has 2 aromatic heterocycles. The minimum absolute atomic E-state index is 0.569. The number of aryl methyl sites for hydroxylation is 9. The van der Waals surface area contributed by atoms with Gasteiger partial charge in [-0.2, -0.15) is 5.12 Å². The lowest BCUT2D eigenvalue weighted by Crippen LogP contribution is -2.54. The van der Waals surface area contributed by atoms with E-state index in [4.69, 9.17) is 5.10 Å². The second-order valence-corrected chi connectivity index (χ2v) is 11.3. The van der Waals surface area contributed by atoms with Crippen LogP contribution in [0.15, 0.2) is 48.7 Å². The van der Waals surface area contributed by atoms with Crippen LogP contribution in [0.4, 0.5) is 28.6 Å². The quantitative estimate of drug-likeness (QED) is 0.236. The fourth-order valence-electron chi connectivity index (χ4n) is 6.61. The van der Waals surface area contributed by atoms with Crippen molar-refractivity contribution in [3.63, 3.8) is 0 Å². The maximum atomic E-state index is 4.70. The number of nitrogens with zero attached hydrogens (tertiary/aromatic N) is 7. The molecule has 0 saturated carbocycles. The molecular weight excluding hydrogens is 494 g/mol. The number of aromatic nitrogens is 4. The third-order valence-corrected chi connectivity index (χ3v) is 7.75. The number of benzene rings is 3. The molecular formula is C33H35N7. The lowest BCUT2D eigenvalue weighted by atomic mass is 10.0. The van der Waals surface area contributed by atoms with Gasteiger partial charge in [-0.05, 0) is 107 Å². The highest BCUT2D eigenvalue weighted by Crippen LogP contribution is 2.50. The standard InChI is InChI=1S/C33H35N7/c1-18-12-21(4)29(22(5)13-18)38-27-10-11-34-32-28(27)33(36-37-35-32)39(30-23(6)14-19(2)15-24(30)7)40(38)31-25(8)16-20(3)17-26(31)9/h10-17H,1-9H3. The van der Waals surface area contributed by atoms with E-state index >= 15 is 0 Å². The van der Waals surface area contributed by atoms with E-state index in [1.54, 1.807) is 0 Å². The molecule has 0 radical (unpaired) electrons. The summed E-state index contributed by atoms with van der Waals surface area (Å²) in [6.07, 6.45) is 1.81. The van der Waals surface area contributed by atoms with Crippen molar-refractivity contribution in [2.75, 3.05) is 15.1 Å². The summed E-state index contributed by atoms with van der Waals surface area (Å²) < 4.78 is 0. The number of hydrogen-bond donors (Lipinski definition) is 0. The molecule has 1 aliphatic heterocycles. The van der Waals surface area contributed by atoms with Gasteiger partial charge in [-0.3, -0.25) is 0 Å². The van der Waals surface area contributed by atoms with Gasteiger partial charge in [-0.1, -0.05) is 53.1 Å². The predicted molar refractivity (Wildman–Crippen MR) is 164 cm³/mol. The Labute approximate surface area is 236 Å². The second kappa shape index (κ2) is 9.30. The number of pyridine rings is 1. The summed E-state index contributed by atoms with van der Waals surface area (Å²) in [7, 11) is 0. The minimum Gasteiger partial charge on any atom is -0.235 e. The first-order valence-electron chi connectivity index (χ1n) is 13.7. The molecule has 0 amide bonds. The van der Waals surface area contributed by atoms with Crippen LogP contribution in [-0.2, 0) is 0 Å². The lowest BCUT2D eigenvalue weighted by Gasteiger charge is -2.50. The van der Waals surface area contributed by atoms with Crippen molar-refractivity contribution in [3.8, 4) is 0 Å². The Bertz CT molecular complexity index is 1650. The van der Waals surface area contributed by atoms with Crippen molar-refractivity contribution in [1.82, 2.24) is 20.4 Å². The van der Waals surface area contributed by atoms with Gasteiger partial charge in [0.2, 0.25) is 0 Å². The van der Waals surface area contributed by atoms with Gasteiger partial charge >= 0.3 is 0 Å². The molecule has 7 nitrogen and oxygen atoms in total. The zero-order valence-electron chi connectivity index (χ0n) is 24.7. The van der Waals surface area contributed by atoms with E-state index in [1.807, 2.05) is 6.20 Å². The highest BCUT2D eigenvalue weighted by atomic mass is 15.9. The molecule has 3 heterocycles. The predicted octanol–water partition coefficient (Wildman–Crippen LogP) is 7.82. The second-order valence-electron chi connectivity index (χ2n) is 11.3. The van der Waals surface area contributed by atoms with Crippen LogP contribution in [0, 0.1) is 62.3 Å². The Balaban J connectivity index is 1.82. The van der Waals surface area contributed by atoms with Gasteiger partial charge in [-0.15, -0.1) is 10.2 Å². The molecule has 0 saturated heterocycles. The molecule has 0 fully saturated rings. The number of rotatable bonds is 3. The zero-order chi connectivity index (χ0) is 28.5. The molecule has 3 aromatic carbocycles. The van der Waals surface area contributed by atoms with E-state index in [0.29, 0.717) is 11.5 Å². The van der Waals surface area contributed by atoms with Gasteiger partial charge in [0.25, 0.3) is 0 Å². The highest BCUT2D eigenvalue weighted by Gasteiger charge is 2.40. The van der Waals surface area contributed by atoms with Gasteiger partial charge in [0.1, 0.15) is 0 Å². The van der Waals surface area contributed by atoms with Crippen LogP contribution in [0.5, 0.6) is 0 Å². The molecule has 40 heavy (non-hydrogen) atoms. The van der Waals surface area contributed by atoms with E-state index in [9.17, 15) is 0 Å². The van der Waals surface area contributed by atoms with Gasteiger partial charge in [-0.25, -0.2) is 15.0 Å². The summed E-state index contributed by atoms with van der Waals surface area (Å²) in [6.45, 7) is 19.5. The SMILES string of the molecule is Cc1cc(C)c(N2c3ccnc4nnnc(c34)N(c3c(C)cc(C)cc3C)N2c2c(C)cc(C)cc2C)c(C)c1. The van der Waals surface area contributed by atoms with Crippen molar-refractivity contribution < 1.29 is 0 Å². The fraction of sp³-hybridized carbons (Fsp3) is 0.273. The van der Waals surface area contributed by atoms with Crippen LogP contribution >= 0.6 is 0 Å². The third-order valence-electron chi connectivity index (χ3n) is 7.75. The van der Waals surface area contributed by atoms with Crippen molar-refractivity contribution in [2.45, 2.75) is 62.3 Å². The molecule has 202 valence electrons. The summed E-state index contributed by atoms with van der Waals surface area (Å²) in [4.78, 5) is 4.62. The number of anilines is 5. The van der Waals surface area contributed by atoms with E-state index in [1.165, 1.54) is 38.9 Å². The average molecular weight is 530 g/mol. The average Bonchev–Trinajstić information content (AvgIpc) is 2.85. The maximum Gasteiger partial charge on any atom is 0.191 e. The summed E-state index contributed by atoms with van der Waals surface area (Å²) in [6, 6.07) is 15.5. The molecule has 6 rings (SSSR count). The van der Waals surface area contributed by atoms with E-state index in [0.717, 1.165) is 39.3 Å². The highest BCUT2D eigenvalue weighted by molar-refractivity contribution is 6.06. The zero-order valence-corrected chi connectivity index (χ0v) is 24.7. The Hall–Kier alpha value is -4.52. The van der Waals surface area contributed by atoms with Crippen molar-refractivity contribution in [2.24, 2.45) is 0 Å². The maximum absolute atomic E-state index is 4.70. The van der Waals surface area contributed by atoms with E-state index in [2.05, 4.69) is 135 Å². The van der Waals surface area contributed by atoms with Crippen molar-refractivity contribution >= 4 is 39.6 Å². The number of hydrogen-bond acceptors (Lipinski definition) is 7. The fourth-order valence-corrected chi connectivity index (χ4v) is 6.61. The molecule has 0 atom stereocenters. The molecule has 0 N–H and O–H groups in total. The van der Waals surface area contributed by atoms with Crippen LogP contribution < -0.4 is 15.1 Å². The first-order chi connectivity index (χ1) is 19.1. The molecule has 7 heteroatoms. The summed E-state index contributed by atoms with van der Waals surface area (Å²) in [5.74, 6) is 0.709. The van der Waals surface area contributed by atoms with Gasteiger partial charge in [0.05, 0.1) is 28.1 Å². The van der Waals surface area contributed by atoms with Crippen LogP contribution in [0.25, 0.3) is 11.0 Å². The molecule has 0 aliphatic carbocycles. The molecule has 1 aliphatic rings. The topological polar surface area (TPSA) is 61.3 Å². The Kier molecular flexibility index (Phi) is 5.98. The summed E-state index contributed by atoms with van der Waals surface area (Å²) in [5, 5.41) is 21.0. The van der Waals surface area contributed by atoms with Gasteiger partial charge in [0, 0.05) is 6.20 Å². The molecule has 0 bridgehead atoms. The minimum atomic E-state index is 0.569. The Morgan fingerprint density at radius 1 is 0.525 bits per heavy atom. The normalized spacial score (nSPS) is 13.0. The summed E-state index contributed by atoms with van der Waals surface area (Å²) >= 11 is 0. The van der Waals surface area contributed by atoms with Crippen molar-refractivity contribution in [3.05, 3.63) is 98.7 Å². The smallest absolute Gasteiger partial charge is 0.191 e. The molecule has 5 aromatic rings. The van der Waals surface area contributed by atoms with Crippen molar-refractivity contribution in [1.29, 1.82) is 0 Å². The molecule has 0 unspecified atom stereocenters. The largest absolute Gasteiger partial charge is 0.235 e. The summed E-state index contributed by atoms with van der Waals surface area (Å²) in [5.41, 5.74) is 15.5. The molecule has 0 spiro atoms. The number of hydrazine groups is 2. The lowest BCUT2D eigenvalue weighted by molar-refractivity contribution is 0.761. The third kappa shape index (κ3) is 3.87. The van der Waals surface area contributed by atoms with Crippen LogP contribution in [0.2, 0.25) is 0 Å². The van der Waals surface area contributed by atoms with E-state index in [-0.39, 0.29) is 0 Å². The van der Waals surface area contributed by atoms with Crippen LogP contribution in [-0.4, -0.2) is 20.4 Å². The van der Waals surface area contributed by atoms with Crippen LogP contribution in [0.3, 0.4) is 0 Å². The van der Waals surface area contributed by atoms with Gasteiger partial charge in [0.15, 0.2) is 11.5 Å². The Morgan fingerprint density at radius 3 is 1.48 bits per heavy atom. The first-order valence-corrected chi connectivity index (χ1v) is 13.7. The van der Waals surface area contributed by atoms with Gasteiger partial charge < -0.3 is 0 Å². The van der Waals surface area contributed by atoms with Crippen LogP contribution in [0.1, 0.15) is 50.1 Å². The monoisotopic (exact) mass is 529 g/mol. The first kappa shape index (κ1) is 25.7. The Morgan fingerprint density at radius 2 is 0.975 bits per heavy atom. The van der Waals surface area contributed by atoms with E-state index < -0.39 is 0 Å².